The van der Waals surface area contributed by atoms with Crippen LogP contribution in [0.5, 0.6) is 0 Å². The summed E-state index contributed by atoms with van der Waals surface area (Å²) in [6.07, 6.45) is 0.153. The van der Waals surface area contributed by atoms with Gasteiger partial charge in [-0.3, -0.25) is 4.79 Å². The third kappa shape index (κ3) is 4.93. The van der Waals surface area contributed by atoms with E-state index in [-0.39, 0.29) is 23.8 Å². The van der Waals surface area contributed by atoms with Gasteiger partial charge in [-0.2, -0.15) is 0 Å². The number of hydrogen-bond acceptors (Lipinski definition) is 3. The molecule has 1 aromatic carbocycles. The van der Waals surface area contributed by atoms with E-state index in [9.17, 15) is 13.2 Å². The van der Waals surface area contributed by atoms with Crippen molar-refractivity contribution in [2.75, 3.05) is 20.1 Å². The Morgan fingerprint density at radius 1 is 1.32 bits per heavy atom. The van der Waals surface area contributed by atoms with Crippen molar-refractivity contribution >= 4 is 31.9 Å². The standard InChI is InChI=1S/C12H17BrN2O3S/c1-3-15(2)12(16)8-9-14-19(17,18)11-6-4-10(13)5-7-11/h4-7,14H,3,8-9H2,1-2H3. The average molecular weight is 349 g/mol. The van der Waals surface area contributed by atoms with E-state index < -0.39 is 10.0 Å². The van der Waals surface area contributed by atoms with Crippen LogP contribution in [0.3, 0.4) is 0 Å². The number of nitrogens with one attached hydrogen (secondary N) is 1. The molecule has 0 heterocycles. The number of sulfonamides is 1. The van der Waals surface area contributed by atoms with Crippen LogP contribution in [0.4, 0.5) is 0 Å². The molecular formula is C12H17BrN2O3S. The summed E-state index contributed by atoms with van der Waals surface area (Å²) >= 11 is 3.24. The molecule has 0 unspecified atom stereocenters. The minimum absolute atomic E-state index is 0.0824. The number of halogens is 1. The van der Waals surface area contributed by atoms with Crippen molar-refractivity contribution in [3.8, 4) is 0 Å². The Labute approximate surface area is 122 Å². The second-order valence-electron chi connectivity index (χ2n) is 4.01. The topological polar surface area (TPSA) is 66.5 Å². The molecule has 0 atom stereocenters. The number of amides is 1. The zero-order chi connectivity index (χ0) is 14.5. The molecule has 0 aliphatic heterocycles. The zero-order valence-electron chi connectivity index (χ0n) is 10.9. The molecule has 0 spiro atoms. The highest BCUT2D eigenvalue weighted by molar-refractivity contribution is 9.10. The Morgan fingerprint density at radius 3 is 2.42 bits per heavy atom. The lowest BCUT2D eigenvalue weighted by molar-refractivity contribution is -0.129. The van der Waals surface area contributed by atoms with E-state index in [1.165, 1.54) is 12.1 Å². The Hall–Kier alpha value is -0.920. The molecular weight excluding hydrogens is 332 g/mol. The number of benzene rings is 1. The molecule has 0 aliphatic carbocycles. The predicted octanol–water partition coefficient (Wildman–Crippen LogP) is 1.60. The predicted molar refractivity (Wildman–Crippen MR) is 77.3 cm³/mol. The fraction of sp³-hybridized carbons (Fsp3) is 0.417. The Morgan fingerprint density at radius 2 is 1.89 bits per heavy atom. The van der Waals surface area contributed by atoms with Crippen LogP contribution in [0.25, 0.3) is 0 Å². The third-order valence-corrected chi connectivity index (χ3v) is 4.66. The van der Waals surface area contributed by atoms with Gasteiger partial charge < -0.3 is 4.90 Å². The molecule has 1 amide bonds. The van der Waals surface area contributed by atoms with Gasteiger partial charge in [0.1, 0.15) is 0 Å². The largest absolute Gasteiger partial charge is 0.346 e. The van der Waals surface area contributed by atoms with Gasteiger partial charge in [0.15, 0.2) is 0 Å². The maximum absolute atomic E-state index is 11.9. The molecule has 7 heteroatoms. The van der Waals surface area contributed by atoms with Crippen LogP contribution >= 0.6 is 15.9 Å². The molecule has 0 saturated heterocycles. The van der Waals surface area contributed by atoms with Crippen molar-refractivity contribution in [3.63, 3.8) is 0 Å². The highest BCUT2D eigenvalue weighted by atomic mass is 79.9. The molecule has 0 saturated carbocycles. The van der Waals surface area contributed by atoms with E-state index in [1.807, 2.05) is 6.92 Å². The smallest absolute Gasteiger partial charge is 0.240 e. The molecule has 0 radical (unpaired) electrons. The molecule has 1 rings (SSSR count). The molecule has 19 heavy (non-hydrogen) atoms. The first-order chi connectivity index (χ1) is 8.86. The zero-order valence-corrected chi connectivity index (χ0v) is 13.3. The van der Waals surface area contributed by atoms with Crippen LogP contribution in [0.15, 0.2) is 33.6 Å². The van der Waals surface area contributed by atoms with Crippen molar-refractivity contribution in [1.29, 1.82) is 0 Å². The normalized spacial score (nSPS) is 11.3. The minimum atomic E-state index is -3.55. The first kappa shape index (κ1) is 16.1. The van der Waals surface area contributed by atoms with Gasteiger partial charge in [0.2, 0.25) is 15.9 Å². The van der Waals surface area contributed by atoms with Crippen molar-refractivity contribution < 1.29 is 13.2 Å². The van der Waals surface area contributed by atoms with Gasteiger partial charge in [0.25, 0.3) is 0 Å². The summed E-state index contributed by atoms with van der Waals surface area (Å²) < 4.78 is 27.1. The molecule has 5 nitrogen and oxygen atoms in total. The Bertz CT molecular complexity index is 528. The Balaban J connectivity index is 2.57. The molecule has 0 aliphatic rings. The van der Waals surface area contributed by atoms with E-state index in [0.29, 0.717) is 6.54 Å². The highest BCUT2D eigenvalue weighted by Gasteiger charge is 2.14. The van der Waals surface area contributed by atoms with Crippen LogP contribution in [-0.4, -0.2) is 39.4 Å². The fourth-order valence-corrected chi connectivity index (χ4v) is 2.65. The Kier molecular flexibility index (Phi) is 5.96. The summed E-state index contributed by atoms with van der Waals surface area (Å²) in [5.74, 6) is -0.0824. The van der Waals surface area contributed by atoms with Gasteiger partial charge in [-0.15, -0.1) is 0 Å². The van der Waals surface area contributed by atoms with Gasteiger partial charge in [-0.05, 0) is 31.2 Å². The monoisotopic (exact) mass is 348 g/mol. The lowest BCUT2D eigenvalue weighted by atomic mass is 10.4. The molecule has 1 N–H and O–H groups in total. The van der Waals surface area contributed by atoms with Crippen LogP contribution in [-0.2, 0) is 14.8 Å². The first-order valence-corrected chi connectivity index (χ1v) is 8.13. The summed E-state index contributed by atoms with van der Waals surface area (Å²) in [5.41, 5.74) is 0. The lowest BCUT2D eigenvalue weighted by Gasteiger charge is -2.14. The maximum atomic E-state index is 11.9. The number of nitrogens with zero attached hydrogens (tertiary/aromatic N) is 1. The molecule has 0 fully saturated rings. The van der Waals surface area contributed by atoms with Gasteiger partial charge in [-0.25, -0.2) is 13.1 Å². The van der Waals surface area contributed by atoms with E-state index in [0.717, 1.165) is 4.47 Å². The van der Waals surface area contributed by atoms with Crippen LogP contribution in [0.2, 0.25) is 0 Å². The van der Waals surface area contributed by atoms with Gasteiger partial charge in [0.05, 0.1) is 4.90 Å². The molecule has 0 aromatic heterocycles. The SMILES string of the molecule is CCN(C)C(=O)CCNS(=O)(=O)c1ccc(Br)cc1. The number of carbonyl (C=O) groups excluding carboxylic acids is 1. The second-order valence-corrected chi connectivity index (χ2v) is 6.69. The van der Waals surface area contributed by atoms with E-state index in [2.05, 4.69) is 20.7 Å². The van der Waals surface area contributed by atoms with E-state index in [4.69, 9.17) is 0 Å². The van der Waals surface area contributed by atoms with Crippen molar-refractivity contribution in [3.05, 3.63) is 28.7 Å². The minimum Gasteiger partial charge on any atom is -0.346 e. The number of hydrogen-bond donors (Lipinski definition) is 1. The third-order valence-electron chi connectivity index (χ3n) is 2.65. The summed E-state index contributed by atoms with van der Waals surface area (Å²) in [4.78, 5) is 13.3. The highest BCUT2D eigenvalue weighted by Crippen LogP contribution is 2.14. The van der Waals surface area contributed by atoms with Crippen LogP contribution in [0, 0.1) is 0 Å². The number of carbonyl (C=O) groups is 1. The summed E-state index contributed by atoms with van der Waals surface area (Å²) in [6, 6.07) is 6.33. The van der Waals surface area contributed by atoms with Crippen molar-refractivity contribution in [2.24, 2.45) is 0 Å². The van der Waals surface area contributed by atoms with Crippen molar-refractivity contribution in [2.45, 2.75) is 18.2 Å². The van der Waals surface area contributed by atoms with Gasteiger partial charge in [-0.1, -0.05) is 15.9 Å². The lowest BCUT2D eigenvalue weighted by Crippen LogP contribution is -2.32. The quantitative estimate of drug-likeness (QED) is 0.848. The number of rotatable bonds is 6. The first-order valence-electron chi connectivity index (χ1n) is 5.86. The molecule has 0 bridgehead atoms. The summed E-state index contributed by atoms with van der Waals surface area (Å²) in [7, 11) is -1.86. The van der Waals surface area contributed by atoms with Gasteiger partial charge in [0, 0.05) is 31.0 Å². The van der Waals surface area contributed by atoms with Crippen molar-refractivity contribution in [1.82, 2.24) is 9.62 Å². The average Bonchev–Trinajstić information content (AvgIpc) is 2.37. The van der Waals surface area contributed by atoms with Crippen LogP contribution in [0.1, 0.15) is 13.3 Å². The summed E-state index contributed by atoms with van der Waals surface area (Å²) in [6.45, 7) is 2.57. The maximum Gasteiger partial charge on any atom is 0.240 e. The second kappa shape index (κ2) is 7.02. The fourth-order valence-electron chi connectivity index (χ4n) is 1.36. The molecule has 106 valence electrons. The van der Waals surface area contributed by atoms with Gasteiger partial charge >= 0.3 is 0 Å². The molecule has 1 aromatic rings. The van der Waals surface area contributed by atoms with Crippen LogP contribution < -0.4 is 4.72 Å². The van der Waals surface area contributed by atoms with E-state index >= 15 is 0 Å². The summed E-state index contributed by atoms with van der Waals surface area (Å²) in [5, 5.41) is 0. The van der Waals surface area contributed by atoms with E-state index in [1.54, 1.807) is 24.1 Å².